The first-order valence-corrected chi connectivity index (χ1v) is 15.9. The highest BCUT2D eigenvalue weighted by Gasteiger charge is 2.75. The summed E-state index contributed by atoms with van der Waals surface area (Å²) in [6, 6.07) is 9.68. The van der Waals surface area contributed by atoms with Gasteiger partial charge in [-0.15, -0.1) is 0 Å². The Kier molecular flexibility index (Phi) is 12.7. The molecule has 1 aromatic carbocycles. The number of carboxylic acids is 1. The number of rotatable bonds is 16. The first-order valence-electron chi connectivity index (χ1n) is 15.9. The highest BCUT2D eigenvalue weighted by atomic mass is 16.8. The number of carbonyl (C=O) groups is 4. The van der Waals surface area contributed by atoms with Crippen LogP contribution in [-0.4, -0.2) is 76.5 Å². The van der Waals surface area contributed by atoms with E-state index in [1.54, 1.807) is 6.08 Å². The number of carbonyl (C=O) groups excluding carboxylic acids is 3. The molecule has 2 aliphatic heterocycles. The molecule has 2 fully saturated rings. The van der Waals surface area contributed by atoms with Gasteiger partial charge in [-0.05, 0) is 42.2 Å². The maximum Gasteiger partial charge on any atom is 0.344 e. The summed E-state index contributed by atoms with van der Waals surface area (Å²) >= 11 is 0. The van der Waals surface area contributed by atoms with E-state index >= 15 is 0 Å². The van der Waals surface area contributed by atoms with Gasteiger partial charge in [-0.25, -0.2) is 9.59 Å². The molecule has 0 amide bonds. The molecular formula is C35H48O11. The quantitative estimate of drug-likeness (QED) is 0.113. The van der Waals surface area contributed by atoms with Crippen LogP contribution in [0.2, 0.25) is 0 Å². The first kappa shape index (κ1) is 36.9. The minimum atomic E-state index is -2.45. The van der Waals surface area contributed by atoms with Crippen LogP contribution in [0.25, 0.3) is 0 Å². The lowest BCUT2D eigenvalue weighted by molar-refractivity contribution is -0.334. The van der Waals surface area contributed by atoms with Crippen LogP contribution in [0.1, 0.15) is 72.8 Å². The summed E-state index contributed by atoms with van der Waals surface area (Å²) in [5.74, 6) is -5.43. The van der Waals surface area contributed by atoms with Crippen molar-refractivity contribution in [3.05, 3.63) is 60.2 Å². The number of fused-ring (bicyclic) bond motifs is 2. The number of aliphatic hydroxyl groups is 1. The molecule has 11 heteroatoms. The Morgan fingerprint density at radius 3 is 2.35 bits per heavy atom. The summed E-state index contributed by atoms with van der Waals surface area (Å²) in [5, 5.41) is 22.1. The lowest BCUT2D eigenvalue weighted by atomic mass is 9.87. The summed E-state index contributed by atoms with van der Waals surface area (Å²) in [7, 11) is 0. The molecule has 0 saturated carbocycles. The highest BCUT2D eigenvalue weighted by molar-refractivity contribution is 5.85. The van der Waals surface area contributed by atoms with Gasteiger partial charge in [0.15, 0.2) is 18.0 Å². The molecule has 3 rings (SSSR count). The molecule has 0 unspecified atom stereocenters. The van der Waals surface area contributed by atoms with Crippen molar-refractivity contribution in [1.82, 2.24) is 0 Å². The van der Waals surface area contributed by atoms with Crippen LogP contribution in [0.3, 0.4) is 0 Å². The third-order valence-electron chi connectivity index (χ3n) is 8.78. The van der Waals surface area contributed by atoms with Crippen LogP contribution in [0.4, 0.5) is 0 Å². The maximum atomic E-state index is 13.0. The molecule has 2 heterocycles. The second kappa shape index (κ2) is 15.8. The van der Waals surface area contributed by atoms with Crippen molar-refractivity contribution in [1.29, 1.82) is 0 Å². The van der Waals surface area contributed by atoms with Gasteiger partial charge in [0.2, 0.25) is 5.60 Å². The van der Waals surface area contributed by atoms with Crippen molar-refractivity contribution < 1.29 is 53.1 Å². The molecule has 0 aliphatic carbocycles. The Labute approximate surface area is 270 Å². The van der Waals surface area contributed by atoms with Crippen LogP contribution < -0.4 is 0 Å². The zero-order valence-corrected chi connectivity index (χ0v) is 27.6. The van der Waals surface area contributed by atoms with Crippen LogP contribution >= 0.6 is 0 Å². The zero-order chi connectivity index (χ0) is 34.2. The van der Waals surface area contributed by atoms with E-state index in [0.717, 1.165) is 25.3 Å². The van der Waals surface area contributed by atoms with E-state index in [1.165, 1.54) is 13.0 Å². The van der Waals surface area contributed by atoms with Crippen molar-refractivity contribution in [2.75, 3.05) is 6.61 Å². The molecular weight excluding hydrogens is 596 g/mol. The van der Waals surface area contributed by atoms with Gasteiger partial charge in [0.25, 0.3) is 0 Å². The second-order valence-corrected chi connectivity index (χ2v) is 12.7. The number of hydrogen-bond donors (Lipinski definition) is 2. The van der Waals surface area contributed by atoms with Gasteiger partial charge in [0.05, 0.1) is 6.61 Å². The fourth-order valence-electron chi connectivity index (χ4n) is 6.26. The van der Waals surface area contributed by atoms with E-state index in [2.05, 4.69) is 20.4 Å². The monoisotopic (exact) mass is 644 g/mol. The maximum absolute atomic E-state index is 13.0. The summed E-state index contributed by atoms with van der Waals surface area (Å²) in [6.07, 6.45) is -0.547. The van der Waals surface area contributed by atoms with Crippen molar-refractivity contribution in [2.24, 2.45) is 17.8 Å². The smallest absolute Gasteiger partial charge is 0.344 e. The SMILES string of the molecule is C=C(CC[C@]12OC[C@@H](OC(C)=O)[C@](C(=O)O)(O1)[C@H](OC(=O)/C=C/[C@@H](C)C[C@@H](C)CC)[C@H]2O)[C@@H](OC(C)=O)[C@@H](C)Cc1ccccc1. The predicted octanol–water partition coefficient (Wildman–Crippen LogP) is 4.55. The molecule has 0 spiro atoms. The summed E-state index contributed by atoms with van der Waals surface area (Å²) in [5.41, 5.74) is -0.916. The Morgan fingerprint density at radius 2 is 1.76 bits per heavy atom. The molecule has 2 bridgehead atoms. The summed E-state index contributed by atoms with van der Waals surface area (Å²) < 4.78 is 28.5. The molecule has 1 aromatic rings. The van der Waals surface area contributed by atoms with Crippen LogP contribution in [-0.2, 0) is 49.3 Å². The highest BCUT2D eigenvalue weighted by Crippen LogP contribution is 2.50. The summed E-state index contributed by atoms with van der Waals surface area (Å²) in [4.78, 5) is 49.9. The molecule has 254 valence electrons. The topological polar surface area (TPSA) is 155 Å². The van der Waals surface area contributed by atoms with E-state index in [1.807, 2.05) is 44.2 Å². The number of ether oxygens (including phenoxy) is 5. The second-order valence-electron chi connectivity index (χ2n) is 12.7. The normalized spacial score (nSPS) is 28.1. The fourth-order valence-corrected chi connectivity index (χ4v) is 6.26. The predicted molar refractivity (Wildman–Crippen MR) is 167 cm³/mol. The van der Waals surface area contributed by atoms with Gasteiger partial charge in [-0.2, -0.15) is 0 Å². The van der Waals surface area contributed by atoms with Gasteiger partial charge in [0, 0.05) is 32.3 Å². The Balaban J connectivity index is 1.86. The molecule has 2 saturated heterocycles. The Hall–Kier alpha value is -3.54. The fraction of sp³-hybridized carbons (Fsp3) is 0.600. The molecule has 9 atom stereocenters. The standard InChI is InChI=1S/C35H48O11/c1-8-21(2)18-22(3)14-15-29(38)45-32-31(39)34(42-20-28(43-25(6)36)35(32,46-34)33(40)41)17-16-23(4)30(44-26(7)37)24(5)19-27-12-10-9-11-13-27/h9-15,21-22,24,28,30-32,39H,4,8,16-20H2,1-3,5-7H3,(H,40,41)/b15-14+/t21-,22+,24-,28+,30+,31+,32+,34-,35-/m0/s1. The van der Waals surface area contributed by atoms with Gasteiger partial charge < -0.3 is 33.9 Å². The van der Waals surface area contributed by atoms with Gasteiger partial charge in [0.1, 0.15) is 12.2 Å². The minimum absolute atomic E-state index is 0.0452. The number of benzene rings is 1. The van der Waals surface area contributed by atoms with E-state index in [9.17, 15) is 29.4 Å². The van der Waals surface area contributed by atoms with E-state index < -0.39 is 66.3 Å². The number of aliphatic carboxylic acids is 1. The average Bonchev–Trinajstić information content (AvgIpc) is 3.19. The number of aliphatic hydroxyl groups excluding tert-OH is 1. The molecule has 0 radical (unpaired) electrons. The lowest BCUT2D eigenvalue weighted by Crippen LogP contribution is -2.63. The molecule has 0 aromatic heterocycles. The first-order chi connectivity index (χ1) is 21.6. The minimum Gasteiger partial charge on any atom is -0.479 e. The van der Waals surface area contributed by atoms with Gasteiger partial charge in [-0.3, -0.25) is 9.59 Å². The van der Waals surface area contributed by atoms with Gasteiger partial charge >= 0.3 is 23.9 Å². The van der Waals surface area contributed by atoms with Crippen LogP contribution in [0, 0.1) is 17.8 Å². The zero-order valence-electron chi connectivity index (χ0n) is 27.6. The largest absolute Gasteiger partial charge is 0.479 e. The molecule has 46 heavy (non-hydrogen) atoms. The van der Waals surface area contributed by atoms with Crippen molar-refractivity contribution >= 4 is 23.9 Å². The Bertz CT molecular complexity index is 1280. The lowest BCUT2D eigenvalue weighted by Gasteiger charge is -2.42. The number of carboxylic acid groups (broad SMARTS) is 1. The van der Waals surface area contributed by atoms with Gasteiger partial charge in [-0.1, -0.05) is 77.1 Å². The van der Waals surface area contributed by atoms with Crippen LogP contribution in [0.15, 0.2) is 54.6 Å². The Morgan fingerprint density at radius 1 is 1.09 bits per heavy atom. The summed E-state index contributed by atoms with van der Waals surface area (Å²) in [6.45, 7) is 14.2. The number of esters is 3. The van der Waals surface area contributed by atoms with E-state index in [4.69, 9.17) is 23.7 Å². The van der Waals surface area contributed by atoms with Crippen molar-refractivity contribution in [3.8, 4) is 0 Å². The average molecular weight is 645 g/mol. The van der Waals surface area contributed by atoms with E-state index in [0.29, 0.717) is 17.9 Å². The number of hydrogen-bond acceptors (Lipinski definition) is 10. The molecule has 11 nitrogen and oxygen atoms in total. The third kappa shape index (κ3) is 8.63. The molecule has 2 N–H and O–H groups in total. The van der Waals surface area contributed by atoms with Crippen molar-refractivity contribution in [2.45, 2.75) is 109 Å². The van der Waals surface area contributed by atoms with E-state index in [-0.39, 0.29) is 24.7 Å². The third-order valence-corrected chi connectivity index (χ3v) is 8.78. The van der Waals surface area contributed by atoms with Crippen LogP contribution in [0.5, 0.6) is 0 Å². The molecule has 2 aliphatic rings. The van der Waals surface area contributed by atoms with Crippen molar-refractivity contribution in [3.63, 3.8) is 0 Å². The number of allylic oxidation sites excluding steroid dienone is 1.